The molecule has 0 aliphatic carbocycles. The first kappa shape index (κ1) is 16.9. The summed E-state index contributed by atoms with van der Waals surface area (Å²) in [7, 11) is -1.61. The van der Waals surface area contributed by atoms with E-state index in [0.29, 0.717) is 30.6 Å². The summed E-state index contributed by atoms with van der Waals surface area (Å²) in [6.45, 7) is 2.61. The summed E-state index contributed by atoms with van der Waals surface area (Å²) in [5.41, 5.74) is 0.729. The molecule has 8 heteroatoms. The zero-order valence-corrected chi connectivity index (χ0v) is 14.6. The summed E-state index contributed by atoms with van der Waals surface area (Å²) in [5, 5.41) is 8.25. The van der Waals surface area contributed by atoms with Crippen LogP contribution < -0.4 is 4.74 Å². The molecule has 130 valence electrons. The molecule has 0 amide bonds. The van der Waals surface area contributed by atoms with E-state index in [2.05, 4.69) is 10.2 Å². The lowest BCUT2D eigenvalue weighted by molar-refractivity contribution is 0.286. The van der Waals surface area contributed by atoms with E-state index in [1.165, 1.54) is 4.31 Å². The van der Waals surface area contributed by atoms with Crippen molar-refractivity contribution in [3.8, 4) is 17.2 Å². The number of ether oxygens (including phenoxy) is 1. The predicted octanol–water partition coefficient (Wildman–Crippen LogP) is 2.27. The summed E-state index contributed by atoms with van der Waals surface area (Å²) >= 11 is 0. The van der Waals surface area contributed by atoms with Crippen LogP contribution in [0, 0.1) is 0 Å². The molecule has 0 spiro atoms. The molecular formula is C16H21N3O4S. The molecule has 2 heterocycles. The van der Waals surface area contributed by atoms with Crippen molar-refractivity contribution in [2.75, 3.05) is 26.0 Å². The maximum absolute atomic E-state index is 12.1. The van der Waals surface area contributed by atoms with Crippen LogP contribution in [0.3, 0.4) is 0 Å². The summed E-state index contributed by atoms with van der Waals surface area (Å²) in [4.78, 5) is 0. The predicted molar refractivity (Wildman–Crippen MR) is 89.3 cm³/mol. The first-order chi connectivity index (χ1) is 11.5. The molecule has 0 saturated carbocycles. The van der Waals surface area contributed by atoms with Crippen LogP contribution in [-0.2, 0) is 10.0 Å². The first-order valence-corrected chi connectivity index (χ1v) is 9.60. The lowest BCUT2D eigenvalue weighted by Crippen LogP contribution is -2.39. The lowest BCUT2D eigenvalue weighted by Gasteiger charge is -2.29. The molecule has 1 aromatic carbocycles. The molecule has 0 radical (unpaired) electrons. The van der Waals surface area contributed by atoms with Crippen molar-refractivity contribution in [2.45, 2.75) is 25.7 Å². The van der Waals surface area contributed by atoms with Gasteiger partial charge in [0.2, 0.25) is 15.9 Å². The molecule has 0 unspecified atom stereocenters. The highest BCUT2D eigenvalue weighted by Crippen LogP contribution is 2.32. The standard InChI is InChI=1S/C16H21N3O4S/c1-3-24(20,21)19-10-6-7-12(11-19)15-17-18-16(23-15)13-8-4-5-9-14(13)22-2/h4-5,8-9,12H,3,6-7,10-11H2,1-2H3/t12-/m0/s1. The van der Waals surface area contributed by atoms with Crippen molar-refractivity contribution >= 4 is 10.0 Å². The van der Waals surface area contributed by atoms with Crippen molar-refractivity contribution in [2.24, 2.45) is 0 Å². The number of sulfonamides is 1. The second-order valence-electron chi connectivity index (χ2n) is 5.74. The summed E-state index contributed by atoms with van der Waals surface area (Å²) < 4.78 is 36.8. The Morgan fingerprint density at radius 2 is 2.12 bits per heavy atom. The zero-order chi connectivity index (χ0) is 17.2. The summed E-state index contributed by atoms with van der Waals surface area (Å²) in [6.07, 6.45) is 1.62. The van der Waals surface area contributed by atoms with Gasteiger partial charge in [0.05, 0.1) is 24.3 Å². The molecule has 1 aromatic heterocycles. The number of nitrogens with zero attached hydrogens (tertiary/aromatic N) is 3. The van der Waals surface area contributed by atoms with Crippen LogP contribution in [0.2, 0.25) is 0 Å². The van der Waals surface area contributed by atoms with Crippen molar-refractivity contribution in [3.63, 3.8) is 0 Å². The van der Waals surface area contributed by atoms with Gasteiger partial charge in [0.25, 0.3) is 5.89 Å². The quantitative estimate of drug-likeness (QED) is 0.821. The SMILES string of the molecule is CCS(=O)(=O)N1CCC[C@H](c2nnc(-c3ccccc3OC)o2)C1. The molecule has 1 aliphatic heterocycles. The number of hydrogen-bond donors (Lipinski definition) is 0. The van der Waals surface area contributed by atoms with Crippen LogP contribution >= 0.6 is 0 Å². The number of benzene rings is 1. The molecule has 0 N–H and O–H groups in total. The Kier molecular flexibility index (Phi) is 4.86. The van der Waals surface area contributed by atoms with Gasteiger partial charge in [-0.3, -0.25) is 0 Å². The Morgan fingerprint density at radius 3 is 2.88 bits per heavy atom. The van der Waals surface area contributed by atoms with Gasteiger partial charge >= 0.3 is 0 Å². The minimum absolute atomic E-state index is 0.0731. The van der Waals surface area contributed by atoms with Gasteiger partial charge in [-0.2, -0.15) is 0 Å². The van der Waals surface area contributed by atoms with E-state index in [0.717, 1.165) is 18.4 Å². The lowest BCUT2D eigenvalue weighted by atomic mass is 10.00. The van der Waals surface area contributed by atoms with Crippen molar-refractivity contribution in [1.29, 1.82) is 0 Å². The third-order valence-electron chi connectivity index (χ3n) is 4.27. The fourth-order valence-electron chi connectivity index (χ4n) is 2.91. The van der Waals surface area contributed by atoms with Crippen LogP contribution in [0.25, 0.3) is 11.5 Å². The third-order valence-corrected chi connectivity index (χ3v) is 6.12. The van der Waals surface area contributed by atoms with Gasteiger partial charge in [0, 0.05) is 13.1 Å². The highest BCUT2D eigenvalue weighted by Gasteiger charge is 2.31. The van der Waals surface area contributed by atoms with Gasteiger partial charge in [-0.05, 0) is 31.9 Å². The number of methoxy groups -OCH3 is 1. The van der Waals surface area contributed by atoms with Crippen LogP contribution in [0.5, 0.6) is 5.75 Å². The maximum atomic E-state index is 12.1. The molecule has 1 fully saturated rings. The Hall–Kier alpha value is -1.93. The second-order valence-corrected chi connectivity index (χ2v) is 8.00. The molecule has 24 heavy (non-hydrogen) atoms. The summed E-state index contributed by atoms with van der Waals surface area (Å²) in [6, 6.07) is 7.42. The van der Waals surface area contributed by atoms with E-state index < -0.39 is 10.0 Å². The third kappa shape index (κ3) is 3.29. The second kappa shape index (κ2) is 6.90. The Morgan fingerprint density at radius 1 is 1.33 bits per heavy atom. The number of rotatable bonds is 5. The average Bonchev–Trinajstić information content (AvgIpc) is 3.11. The molecule has 1 aliphatic rings. The van der Waals surface area contributed by atoms with Crippen molar-refractivity contribution < 1.29 is 17.6 Å². The summed E-state index contributed by atoms with van der Waals surface area (Å²) in [5.74, 6) is 1.56. The number of para-hydroxylation sites is 1. The van der Waals surface area contributed by atoms with Crippen molar-refractivity contribution in [3.05, 3.63) is 30.2 Å². The zero-order valence-electron chi connectivity index (χ0n) is 13.8. The van der Waals surface area contributed by atoms with Crippen LogP contribution in [0.15, 0.2) is 28.7 Å². The maximum Gasteiger partial charge on any atom is 0.251 e. The minimum Gasteiger partial charge on any atom is -0.496 e. The van der Waals surface area contributed by atoms with Gasteiger partial charge in [-0.25, -0.2) is 12.7 Å². The number of aromatic nitrogens is 2. The van der Waals surface area contributed by atoms with Gasteiger partial charge in [0.15, 0.2) is 0 Å². The molecule has 2 aromatic rings. The first-order valence-electron chi connectivity index (χ1n) is 7.99. The van der Waals surface area contributed by atoms with Gasteiger partial charge in [-0.1, -0.05) is 12.1 Å². The fraction of sp³-hybridized carbons (Fsp3) is 0.500. The molecular weight excluding hydrogens is 330 g/mol. The molecule has 7 nitrogen and oxygen atoms in total. The number of hydrogen-bond acceptors (Lipinski definition) is 6. The molecule has 3 rings (SSSR count). The van der Waals surface area contributed by atoms with Crippen LogP contribution in [-0.4, -0.2) is 48.9 Å². The highest BCUT2D eigenvalue weighted by molar-refractivity contribution is 7.89. The van der Waals surface area contributed by atoms with Gasteiger partial charge in [-0.15, -0.1) is 10.2 Å². The number of piperidine rings is 1. The molecule has 1 atom stereocenters. The van der Waals surface area contributed by atoms with E-state index in [1.54, 1.807) is 14.0 Å². The van der Waals surface area contributed by atoms with E-state index >= 15 is 0 Å². The van der Waals surface area contributed by atoms with Crippen LogP contribution in [0.1, 0.15) is 31.6 Å². The van der Waals surface area contributed by atoms with Gasteiger partial charge in [0.1, 0.15) is 5.75 Å². The largest absolute Gasteiger partial charge is 0.496 e. The van der Waals surface area contributed by atoms with E-state index in [-0.39, 0.29) is 11.7 Å². The molecule has 0 bridgehead atoms. The molecule has 1 saturated heterocycles. The highest BCUT2D eigenvalue weighted by atomic mass is 32.2. The Labute approximate surface area is 141 Å². The van der Waals surface area contributed by atoms with E-state index in [4.69, 9.17) is 9.15 Å². The van der Waals surface area contributed by atoms with E-state index in [1.807, 2.05) is 24.3 Å². The normalized spacial score (nSPS) is 19.3. The Bertz CT molecular complexity index is 803. The fourth-order valence-corrected chi connectivity index (χ4v) is 4.09. The smallest absolute Gasteiger partial charge is 0.251 e. The minimum atomic E-state index is -3.19. The van der Waals surface area contributed by atoms with E-state index in [9.17, 15) is 8.42 Å². The Balaban J connectivity index is 1.83. The van der Waals surface area contributed by atoms with Crippen molar-refractivity contribution in [1.82, 2.24) is 14.5 Å². The van der Waals surface area contributed by atoms with Gasteiger partial charge < -0.3 is 9.15 Å². The topological polar surface area (TPSA) is 85.5 Å². The average molecular weight is 351 g/mol. The van der Waals surface area contributed by atoms with Crippen LogP contribution in [0.4, 0.5) is 0 Å². The monoisotopic (exact) mass is 351 g/mol.